The maximum atomic E-state index is 11.5. The molecular formula is C12H12O4. The van der Waals surface area contributed by atoms with Crippen LogP contribution in [-0.2, 0) is 9.47 Å². The number of benzene rings is 1. The molecule has 0 spiro atoms. The molecule has 0 amide bonds. The molecule has 4 heteroatoms. The fourth-order valence-electron chi connectivity index (χ4n) is 1.00. The predicted molar refractivity (Wildman–Crippen MR) is 58.3 cm³/mol. The van der Waals surface area contributed by atoms with Crippen molar-refractivity contribution in [1.82, 2.24) is 0 Å². The van der Waals surface area contributed by atoms with Gasteiger partial charge in [0.15, 0.2) is 12.4 Å². The fraction of sp³-hybridized carbons (Fsp3) is 0.167. The Morgan fingerprint density at radius 3 is 2.50 bits per heavy atom. The molecule has 1 aromatic rings. The van der Waals surface area contributed by atoms with Gasteiger partial charge < -0.3 is 9.47 Å². The highest BCUT2D eigenvalue weighted by molar-refractivity contribution is 5.97. The van der Waals surface area contributed by atoms with Crippen molar-refractivity contribution in [2.75, 3.05) is 13.2 Å². The topological polar surface area (TPSA) is 52.6 Å². The van der Waals surface area contributed by atoms with Gasteiger partial charge >= 0.3 is 6.16 Å². The van der Waals surface area contributed by atoms with E-state index in [0.29, 0.717) is 5.56 Å². The minimum Gasteiger partial charge on any atom is -0.430 e. The van der Waals surface area contributed by atoms with Gasteiger partial charge in [-0.25, -0.2) is 4.79 Å². The van der Waals surface area contributed by atoms with Gasteiger partial charge in [0, 0.05) is 5.56 Å². The molecule has 0 atom stereocenters. The van der Waals surface area contributed by atoms with Crippen LogP contribution in [-0.4, -0.2) is 25.2 Å². The van der Waals surface area contributed by atoms with Gasteiger partial charge in [0.2, 0.25) is 0 Å². The average Bonchev–Trinajstić information content (AvgIpc) is 2.34. The predicted octanol–water partition coefficient (Wildman–Crippen LogP) is 2.21. The number of ketones is 1. The van der Waals surface area contributed by atoms with E-state index in [0.717, 1.165) is 0 Å². The van der Waals surface area contributed by atoms with Crippen LogP contribution in [0.2, 0.25) is 0 Å². The number of carbonyl (C=O) groups is 2. The first kappa shape index (κ1) is 12.0. The Morgan fingerprint density at radius 1 is 1.19 bits per heavy atom. The number of carbonyl (C=O) groups excluding carboxylic acids is 2. The number of hydrogen-bond donors (Lipinski definition) is 0. The third-order valence-electron chi connectivity index (χ3n) is 1.74. The normalized spacial score (nSPS) is 9.25. The van der Waals surface area contributed by atoms with Crippen LogP contribution in [0.3, 0.4) is 0 Å². The Balaban J connectivity index is 2.36. The molecule has 0 fully saturated rings. The van der Waals surface area contributed by atoms with Crippen molar-refractivity contribution in [3.8, 4) is 0 Å². The maximum Gasteiger partial charge on any atom is 0.509 e. The Morgan fingerprint density at radius 2 is 1.88 bits per heavy atom. The van der Waals surface area contributed by atoms with E-state index < -0.39 is 6.16 Å². The summed E-state index contributed by atoms with van der Waals surface area (Å²) in [4.78, 5) is 22.4. The van der Waals surface area contributed by atoms with Crippen LogP contribution in [0.1, 0.15) is 10.4 Å². The van der Waals surface area contributed by atoms with E-state index in [4.69, 9.17) is 0 Å². The van der Waals surface area contributed by atoms with Crippen LogP contribution in [0.5, 0.6) is 0 Å². The molecule has 0 unspecified atom stereocenters. The summed E-state index contributed by atoms with van der Waals surface area (Å²) >= 11 is 0. The van der Waals surface area contributed by atoms with Gasteiger partial charge in [-0.3, -0.25) is 4.79 Å². The quantitative estimate of drug-likeness (QED) is 0.433. The lowest BCUT2D eigenvalue weighted by Gasteiger charge is -2.03. The average molecular weight is 220 g/mol. The molecule has 0 radical (unpaired) electrons. The zero-order chi connectivity index (χ0) is 11.8. The highest BCUT2D eigenvalue weighted by Gasteiger charge is 2.09. The molecule has 0 aliphatic carbocycles. The highest BCUT2D eigenvalue weighted by atomic mass is 16.7. The van der Waals surface area contributed by atoms with E-state index in [1.54, 1.807) is 30.3 Å². The van der Waals surface area contributed by atoms with Crippen molar-refractivity contribution >= 4 is 11.9 Å². The molecule has 16 heavy (non-hydrogen) atoms. The molecule has 0 saturated heterocycles. The van der Waals surface area contributed by atoms with Crippen LogP contribution in [0.25, 0.3) is 0 Å². The molecule has 84 valence electrons. The van der Waals surface area contributed by atoms with Gasteiger partial charge in [0.1, 0.15) is 6.61 Å². The van der Waals surface area contributed by atoms with Crippen molar-refractivity contribution in [2.24, 2.45) is 0 Å². The summed E-state index contributed by atoms with van der Waals surface area (Å²) in [5.41, 5.74) is 0.499. The second-order valence-corrected chi connectivity index (χ2v) is 2.93. The molecule has 0 heterocycles. The minimum atomic E-state index is -0.871. The molecule has 4 nitrogen and oxygen atoms in total. The lowest BCUT2D eigenvalue weighted by Crippen LogP contribution is -2.15. The van der Waals surface area contributed by atoms with Crippen LogP contribution in [0, 0.1) is 0 Å². The maximum absolute atomic E-state index is 11.5. The van der Waals surface area contributed by atoms with E-state index in [1.807, 2.05) is 0 Å². The molecule has 0 bridgehead atoms. The Hall–Kier alpha value is -2.10. The molecule has 0 saturated carbocycles. The molecular weight excluding hydrogens is 208 g/mol. The zero-order valence-corrected chi connectivity index (χ0v) is 8.72. The standard InChI is InChI=1S/C12H12O4/c1-2-8-15-12(14)16-9-11(13)10-6-4-3-5-7-10/h2-7H,1,8-9H2. The SMILES string of the molecule is C=CCOC(=O)OCC(=O)c1ccccc1. The summed E-state index contributed by atoms with van der Waals surface area (Å²) in [6.07, 6.45) is 0.546. The zero-order valence-electron chi connectivity index (χ0n) is 8.72. The van der Waals surface area contributed by atoms with Crippen LogP contribution in [0.15, 0.2) is 43.0 Å². The summed E-state index contributed by atoms with van der Waals surface area (Å²) < 4.78 is 9.15. The van der Waals surface area contributed by atoms with E-state index in [9.17, 15) is 9.59 Å². The Labute approximate surface area is 93.5 Å². The van der Waals surface area contributed by atoms with Gasteiger partial charge in [-0.2, -0.15) is 0 Å². The summed E-state index contributed by atoms with van der Waals surface area (Å²) in [5.74, 6) is -0.267. The fourth-order valence-corrected chi connectivity index (χ4v) is 1.00. The third kappa shape index (κ3) is 3.96. The van der Waals surface area contributed by atoms with Gasteiger partial charge in [-0.15, -0.1) is 0 Å². The van der Waals surface area contributed by atoms with Crippen molar-refractivity contribution in [2.45, 2.75) is 0 Å². The van der Waals surface area contributed by atoms with Crippen molar-refractivity contribution < 1.29 is 19.1 Å². The highest BCUT2D eigenvalue weighted by Crippen LogP contribution is 2.00. The second kappa shape index (κ2) is 6.40. The molecule has 0 aromatic heterocycles. The van der Waals surface area contributed by atoms with E-state index in [-0.39, 0.29) is 19.0 Å². The van der Waals surface area contributed by atoms with Crippen LogP contribution >= 0.6 is 0 Å². The monoisotopic (exact) mass is 220 g/mol. The van der Waals surface area contributed by atoms with Crippen LogP contribution in [0.4, 0.5) is 4.79 Å². The van der Waals surface area contributed by atoms with Crippen molar-refractivity contribution in [3.05, 3.63) is 48.6 Å². The van der Waals surface area contributed by atoms with Crippen LogP contribution < -0.4 is 0 Å². The molecule has 1 rings (SSSR count). The Kier molecular flexibility index (Phi) is 4.79. The van der Waals surface area contributed by atoms with E-state index in [1.165, 1.54) is 6.08 Å². The van der Waals surface area contributed by atoms with Gasteiger partial charge in [-0.05, 0) is 0 Å². The number of rotatable bonds is 5. The lowest BCUT2D eigenvalue weighted by molar-refractivity contribution is 0.0553. The van der Waals surface area contributed by atoms with E-state index in [2.05, 4.69) is 16.1 Å². The molecule has 0 aliphatic rings. The van der Waals surface area contributed by atoms with Gasteiger partial charge in [0.05, 0.1) is 0 Å². The van der Waals surface area contributed by atoms with Gasteiger partial charge in [0.25, 0.3) is 0 Å². The first-order valence-electron chi connectivity index (χ1n) is 4.72. The summed E-state index contributed by atoms with van der Waals surface area (Å²) in [5, 5.41) is 0. The largest absolute Gasteiger partial charge is 0.509 e. The summed E-state index contributed by atoms with van der Waals surface area (Å²) in [6.45, 7) is 3.12. The minimum absolute atomic E-state index is 0.0678. The molecule has 0 N–H and O–H groups in total. The second-order valence-electron chi connectivity index (χ2n) is 2.93. The summed E-state index contributed by atoms with van der Waals surface area (Å²) in [7, 11) is 0. The van der Waals surface area contributed by atoms with Gasteiger partial charge in [-0.1, -0.05) is 43.0 Å². The summed E-state index contributed by atoms with van der Waals surface area (Å²) in [6, 6.07) is 8.59. The number of hydrogen-bond acceptors (Lipinski definition) is 4. The first-order chi connectivity index (χ1) is 7.74. The van der Waals surface area contributed by atoms with Crippen molar-refractivity contribution in [1.29, 1.82) is 0 Å². The lowest BCUT2D eigenvalue weighted by atomic mass is 10.1. The van der Waals surface area contributed by atoms with E-state index >= 15 is 0 Å². The third-order valence-corrected chi connectivity index (χ3v) is 1.74. The number of Topliss-reactive ketones (excluding diaryl/α,β-unsaturated/α-hetero) is 1. The smallest absolute Gasteiger partial charge is 0.430 e. The number of ether oxygens (including phenoxy) is 2. The molecule has 0 aliphatic heterocycles. The Bertz CT molecular complexity index is 370. The molecule has 1 aromatic carbocycles. The van der Waals surface area contributed by atoms with Crippen molar-refractivity contribution in [3.63, 3.8) is 0 Å². The first-order valence-corrected chi connectivity index (χ1v) is 4.72.